The van der Waals surface area contributed by atoms with Crippen LogP contribution in [0.25, 0.3) is 28.1 Å². The van der Waals surface area contributed by atoms with Gasteiger partial charge in [-0.2, -0.15) is 0 Å². The fourth-order valence-electron chi connectivity index (χ4n) is 3.42. The highest BCUT2D eigenvalue weighted by atomic mass is 15.2. The second kappa shape index (κ2) is 3.28. The predicted octanol–water partition coefficient (Wildman–Crippen LogP) is 2.14. The summed E-state index contributed by atoms with van der Waals surface area (Å²) >= 11 is 0. The summed E-state index contributed by atoms with van der Waals surface area (Å²) in [6.07, 6.45) is 5.98. The van der Waals surface area contributed by atoms with Crippen molar-refractivity contribution in [3.05, 3.63) is 54.5 Å². The minimum Gasteiger partial charge on any atom is -0.264 e. The van der Waals surface area contributed by atoms with Crippen LogP contribution in [0.3, 0.4) is 0 Å². The molecule has 96 valence electrons. The van der Waals surface area contributed by atoms with Crippen LogP contribution in [0.4, 0.5) is 0 Å². The number of nitrogens with zero attached hydrogens (tertiary/aromatic N) is 4. The molecule has 4 aromatic heterocycles. The summed E-state index contributed by atoms with van der Waals surface area (Å²) in [7, 11) is 2.14. The van der Waals surface area contributed by atoms with Crippen LogP contribution in [-0.2, 0) is 13.6 Å². The van der Waals surface area contributed by atoms with Gasteiger partial charge in [0, 0.05) is 24.0 Å². The fraction of sp³-hybridized carbons (Fsp3) is 0.125. The van der Waals surface area contributed by atoms with Gasteiger partial charge in [-0.3, -0.25) is 9.55 Å². The molecular formula is C16H13N4+. The standard InChI is InChI=1S/C16H13N4/c1-18-14-8-12-4-2-3-7-19(12)16(14)20-10-11-9-17-6-5-13(11)15(18)20/h2-9H,10H2,1H3/q+1. The third-order valence-corrected chi connectivity index (χ3v) is 4.30. The normalized spacial score (nSPS) is 13.1. The molecule has 0 N–H and O–H groups in total. The summed E-state index contributed by atoms with van der Waals surface area (Å²) in [5, 5.41) is 0. The Morgan fingerprint density at radius 2 is 2.20 bits per heavy atom. The molecule has 4 heteroatoms. The molecule has 1 aliphatic heterocycles. The van der Waals surface area contributed by atoms with Crippen molar-refractivity contribution in [2.45, 2.75) is 6.54 Å². The van der Waals surface area contributed by atoms with Crippen LogP contribution in [0.2, 0.25) is 0 Å². The number of fused-ring (bicyclic) bond motifs is 7. The molecule has 4 nitrogen and oxygen atoms in total. The van der Waals surface area contributed by atoms with E-state index in [4.69, 9.17) is 0 Å². The van der Waals surface area contributed by atoms with Gasteiger partial charge in [0.2, 0.25) is 5.82 Å². The summed E-state index contributed by atoms with van der Waals surface area (Å²) in [6.45, 7) is 0.900. The van der Waals surface area contributed by atoms with Gasteiger partial charge in [-0.15, -0.1) is 0 Å². The largest absolute Gasteiger partial charge is 0.273 e. The average Bonchev–Trinajstić information content (AvgIpc) is 3.10. The van der Waals surface area contributed by atoms with Crippen molar-refractivity contribution in [2.75, 3.05) is 0 Å². The molecule has 0 atom stereocenters. The van der Waals surface area contributed by atoms with E-state index < -0.39 is 0 Å². The van der Waals surface area contributed by atoms with Crippen molar-refractivity contribution in [1.82, 2.24) is 14.0 Å². The zero-order valence-electron chi connectivity index (χ0n) is 11.1. The van der Waals surface area contributed by atoms with Gasteiger partial charge in [0.25, 0.3) is 5.65 Å². The molecule has 0 aromatic carbocycles. The van der Waals surface area contributed by atoms with E-state index in [-0.39, 0.29) is 0 Å². The van der Waals surface area contributed by atoms with E-state index in [9.17, 15) is 0 Å². The molecule has 0 radical (unpaired) electrons. The molecule has 0 unspecified atom stereocenters. The summed E-state index contributed by atoms with van der Waals surface area (Å²) in [5.41, 5.74) is 6.36. The summed E-state index contributed by atoms with van der Waals surface area (Å²) in [4.78, 5) is 4.25. The predicted molar refractivity (Wildman–Crippen MR) is 76.4 cm³/mol. The second-order valence-electron chi connectivity index (χ2n) is 5.35. The first-order chi connectivity index (χ1) is 9.84. The molecule has 0 fully saturated rings. The number of rotatable bonds is 0. The van der Waals surface area contributed by atoms with Crippen molar-refractivity contribution in [2.24, 2.45) is 7.05 Å². The zero-order chi connectivity index (χ0) is 13.3. The Morgan fingerprint density at radius 1 is 1.25 bits per heavy atom. The first kappa shape index (κ1) is 10.2. The molecule has 5 rings (SSSR count). The number of hydrogen-bond acceptors (Lipinski definition) is 1. The first-order valence-electron chi connectivity index (χ1n) is 6.76. The van der Waals surface area contributed by atoms with E-state index in [0.717, 1.165) is 6.54 Å². The van der Waals surface area contributed by atoms with Crippen LogP contribution in [0.15, 0.2) is 48.9 Å². The SMILES string of the molecule is Cn1c2[n+](c3c1cc1ccccn13)Cc1cnccc1-2. The lowest BCUT2D eigenvalue weighted by molar-refractivity contribution is -0.648. The van der Waals surface area contributed by atoms with Gasteiger partial charge in [-0.1, -0.05) is 6.07 Å². The van der Waals surface area contributed by atoms with Gasteiger partial charge in [-0.05, 0) is 18.2 Å². The molecule has 20 heavy (non-hydrogen) atoms. The van der Waals surface area contributed by atoms with Crippen molar-refractivity contribution >= 4 is 16.7 Å². The molecule has 0 bridgehead atoms. The maximum absolute atomic E-state index is 4.25. The Bertz CT molecular complexity index is 990. The molecule has 5 heterocycles. The van der Waals surface area contributed by atoms with Crippen LogP contribution in [0, 0.1) is 0 Å². The molecule has 0 saturated carbocycles. The van der Waals surface area contributed by atoms with E-state index in [1.807, 2.05) is 12.4 Å². The highest BCUT2D eigenvalue weighted by molar-refractivity contribution is 5.82. The quantitative estimate of drug-likeness (QED) is 0.392. The topological polar surface area (TPSA) is 26.1 Å². The van der Waals surface area contributed by atoms with Gasteiger partial charge in [0.15, 0.2) is 5.52 Å². The van der Waals surface area contributed by atoms with Crippen LogP contribution < -0.4 is 4.57 Å². The van der Waals surface area contributed by atoms with E-state index in [1.54, 1.807) is 0 Å². The van der Waals surface area contributed by atoms with E-state index >= 15 is 0 Å². The number of aromatic nitrogens is 4. The summed E-state index contributed by atoms with van der Waals surface area (Å²) < 4.78 is 6.93. The lowest BCUT2D eigenvalue weighted by Crippen LogP contribution is -2.32. The highest BCUT2D eigenvalue weighted by Gasteiger charge is 2.32. The van der Waals surface area contributed by atoms with Gasteiger partial charge in [0.05, 0.1) is 25.4 Å². The number of aryl methyl sites for hydroxylation is 1. The molecule has 0 saturated heterocycles. The molecule has 0 amide bonds. The van der Waals surface area contributed by atoms with E-state index in [1.165, 1.54) is 33.6 Å². The Balaban J connectivity index is 1.99. The molecule has 0 spiro atoms. The number of hydrogen-bond donors (Lipinski definition) is 0. The van der Waals surface area contributed by atoms with Gasteiger partial charge in [0.1, 0.15) is 5.52 Å². The minimum atomic E-state index is 0.900. The van der Waals surface area contributed by atoms with Crippen LogP contribution in [0.1, 0.15) is 5.56 Å². The molecule has 0 aliphatic carbocycles. The fourth-order valence-corrected chi connectivity index (χ4v) is 3.42. The van der Waals surface area contributed by atoms with Gasteiger partial charge >= 0.3 is 0 Å². The Kier molecular flexibility index (Phi) is 1.67. The van der Waals surface area contributed by atoms with Gasteiger partial charge < -0.3 is 0 Å². The zero-order valence-corrected chi connectivity index (χ0v) is 11.1. The molecular weight excluding hydrogens is 248 g/mol. The Morgan fingerprint density at radius 3 is 3.15 bits per heavy atom. The molecule has 4 aromatic rings. The lowest BCUT2D eigenvalue weighted by atomic mass is 10.2. The van der Waals surface area contributed by atoms with E-state index in [2.05, 4.69) is 62.1 Å². The third-order valence-electron chi connectivity index (χ3n) is 4.30. The summed E-state index contributed by atoms with van der Waals surface area (Å²) in [6, 6.07) is 10.7. The Hall–Kier alpha value is -2.62. The van der Waals surface area contributed by atoms with Crippen LogP contribution in [0.5, 0.6) is 0 Å². The van der Waals surface area contributed by atoms with Crippen molar-refractivity contribution < 1.29 is 4.57 Å². The lowest BCUT2D eigenvalue weighted by Gasteiger charge is -1.95. The first-order valence-corrected chi connectivity index (χ1v) is 6.76. The minimum absolute atomic E-state index is 0.900. The molecule has 1 aliphatic rings. The van der Waals surface area contributed by atoms with Crippen molar-refractivity contribution in [3.63, 3.8) is 0 Å². The second-order valence-corrected chi connectivity index (χ2v) is 5.35. The van der Waals surface area contributed by atoms with Crippen LogP contribution >= 0.6 is 0 Å². The smallest absolute Gasteiger partial charge is 0.264 e. The van der Waals surface area contributed by atoms with Crippen molar-refractivity contribution in [1.29, 1.82) is 0 Å². The average molecular weight is 261 g/mol. The maximum Gasteiger partial charge on any atom is 0.273 e. The summed E-state index contributed by atoms with van der Waals surface area (Å²) in [5.74, 6) is 1.27. The number of imidazole rings is 1. The maximum atomic E-state index is 4.25. The third kappa shape index (κ3) is 1.04. The highest BCUT2D eigenvalue weighted by Crippen LogP contribution is 2.31. The van der Waals surface area contributed by atoms with Gasteiger partial charge in [-0.25, -0.2) is 8.97 Å². The number of pyridine rings is 2. The van der Waals surface area contributed by atoms with Crippen LogP contribution in [-0.4, -0.2) is 14.0 Å². The van der Waals surface area contributed by atoms with Crippen molar-refractivity contribution in [3.8, 4) is 11.4 Å². The van der Waals surface area contributed by atoms with E-state index in [0.29, 0.717) is 0 Å². The monoisotopic (exact) mass is 261 g/mol. The Labute approximate surface area is 115 Å².